The van der Waals surface area contributed by atoms with Gasteiger partial charge in [-0.05, 0) is 41.1 Å². The van der Waals surface area contributed by atoms with Crippen LogP contribution in [0.1, 0.15) is 27.1 Å². The molecule has 2 atom stereocenters. The maximum atomic E-state index is 16.2. The highest BCUT2D eigenvalue weighted by atomic mass is 79.9. The smallest absolute Gasteiger partial charge is 0.408 e. The van der Waals surface area contributed by atoms with E-state index in [0.717, 1.165) is 42.9 Å². The molecule has 0 amide bonds. The minimum absolute atomic E-state index is 0.181. The lowest BCUT2D eigenvalue weighted by atomic mass is 10.0. The number of thiophene rings is 1. The molecule has 214 valence electrons. The van der Waals surface area contributed by atoms with E-state index in [4.69, 9.17) is 16.6 Å². The van der Waals surface area contributed by atoms with Crippen molar-refractivity contribution in [1.29, 1.82) is 0 Å². The van der Waals surface area contributed by atoms with Crippen LogP contribution in [0.4, 0.5) is 22.0 Å². The Bertz CT molecular complexity index is 1790. The summed E-state index contributed by atoms with van der Waals surface area (Å²) in [5, 5.41) is 3.78. The van der Waals surface area contributed by atoms with Crippen molar-refractivity contribution in [2.24, 2.45) is 0 Å². The number of carbonyl (C=O) groups excluding carboxylic acids is 1. The van der Waals surface area contributed by atoms with Crippen molar-refractivity contribution in [2.45, 2.75) is 38.5 Å². The van der Waals surface area contributed by atoms with Gasteiger partial charge in [0.2, 0.25) is 5.88 Å². The molecule has 4 aromatic heterocycles. The van der Waals surface area contributed by atoms with Crippen LogP contribution in [0.3, 0.4) is 0 Å². The number of ether oxygens (including phenoxy) is 2. The van der Waals surface area contributed by atoms with Crippen LogP contribution >= 0.6 is 27.3 Å². The second-order valence-electron chi connectivity index (χ2n) is 8.49. The molecule has 4 heterocycles. The molecule has 0 bridgehead atoms. The van der Waals surface area contributed by atoms with Crippen LogP contribution in [-0.2, 0) is 17.9 Å². The monoisotopic (exact) mass is 658 g/mol. The second-order valence-corrected chi connectivity index (χ2v) is 10.3. The van der Waals surface area contributed by atoms with Crippen molar-refractivity contribution < 1.29 is 43.4 Å². The van der Waals surface area contributed by atoms with Crippen LogP contribution in [0, 0.1) is 6.01 Å². The van der Waals surface area contributed by atoms with E-state index in [1.54, 1.807) is 0 Å². The summed E-state index contributed by atoms with van der Waals surface area (Å²) in [5.74, 6) is -1.15. The average Bonchev–Trinajstić information content (AvgIpc) is 3.65. The summed E-state index contributed by atoms with van der Waals surface area (Å²) < 4.78 is 102. The number of rotatable bonds is 10. The largest absolute Gasteiger partial charge is 0.487 e. The Morgan fingerprint density at radius 2 is 2.00 bits per heavy atom. The van der Waals surface area contributed by atoms with Crippen molar-refractivity contribution >= 4 is 43.3 Å². The van der Waals surface area contributed by atoms with Crippen LogP contribution in [0.5, 0.6) is 11.6 Å². The summed E-state index contributed by atoms with van der Waals surface area (Å²) in [6, 6.07) is 7.95. The Kier molecular flexibility index (Phi) is 7.35. The number of benzene rings is 1. The zero-order valence-corrected chi connectivity index (χ0v) is 23.1. The number of hydrogen-bond acceptors (Lipinski definition) is 8. The highest BCUT2D eigenvalue weighted by Crippen LogP contribution is 2.45. The van der Waals surface area contributed by atoms with E-state index in [2.05, 4.69) is 31.0 Å². The number of para-hydroxylation sites is 1. The normalized spacial score (nSPS) is 14.4. The summed E-state index contributed by atoms with van der Waals surface area (Å²) in [4.78, 5) is 21.7. The topological polar surface area (TPSA) is 92.3 Å². The molecule has 0 radical (unpaired) electrons. The number of ketones is 1. The molecule has 15 heteroatoms. The molecular formula is C26H18BrF5N4O4S. The first-order valence-corrected chi connectivity index (χ1v) is 13.2. The van der Waals surface area contributed by atoms with Crippen LogP contribution in [0.25, 0.3) is 20.9 Å². The minimum atomic E-state index is -4.69. The standard InChI is InChI=1S/C26H18BrF5N4O4S/c1-13(37)22(40-24-19-20(27)23(17-6-7-18(28)39-17)41-25(19)34-12-33-24)21(29)15-4-2-3-5-16(15)38-10-14-8-9-35-36(14)11-26(30,31)32/h2-9,12,21-22H,10-11H2,1H3/i10D2. The Hall–Kier alpha value is -3.85. The number of furan rings is 1. The summed E-state index contributed by atoms with van der Waals surface area (Å²) in [6.45, 7) is -3.38. The highest BCUT2D eigenvalue weighted by Gasteiger charge is 2.34. The first kappa shape index (κ1) is 26.1. The zero-order valence-electron chi connectivity index (χ0n) is 22.7. The number of nitrogens with zero attached hydrogens (tertiary/aromatic N) is 4. The summed E-state index contributed by atoms with van der Waals surface area (Å²) >= 11 is 4.50. The zero-order chi connectivity index (χ0) is 31.1. The molecule has 0 aliphatic heterocycles. The highest BCUT2D eigenvalue weighted by molar-refractivity contribution is 9.10. The van der Waals surface area contributed by atoms with Gasteiger partial charge in [-0.2, -0.15) is 22.7 Å². The van der Waals surface area contributed by atoms with Gasteiger partial charge < -0.3 is 13.9 Å². The summed E-state index contributed by atoms with van der Waals surface area (Å²) in [6.07, 6.45) is -6.65. The third-order valence-corrected chi connectivity index (χ3v) is 7.79. The molecule has 8 nitrogen and oxygen atoms in total. The van der Waals surface area contributed by atoms with E-state index in [1.807, 2.05) is 0 Å². The third-order valence-electron chi connectivity index (χ3n) is 5.62. The Morgan fingerprint density at radius 3 is 2.71 bits per heavy atom. The first-order valence-electron chi connectivity index (χ1n) is 12.6. The predicted octanol–water partition coefficient (Wildman–Crippen LogP) is 7.24. The van der Waals surface area contributed by atoms with Crippen LogP contribution in [0.2, 0.25) is 0 Å². The fraction of sp³-hybridized carbons (Fsp3) is 0.231. The van der Waals surface area contributed by atoms with Crippen molar-refractivity contribution in [3.63, 3.8) is 0 Å². The molecule has 0 aliphatic carbocycles. The number of aromatic nitrogens is 4. The van der Waals surface area contributed by atoms with Gasteiger partial charge in [-0.25, -0.2) is 14.4 Å². The molecule has 5 rings (SSSR count). The molecule has 0 aliphatic rings. The van der Waals surface area contributed by atoms with Gasteiger partial charge in [0.15, 0.2) is 18.1 Å². The quantitative estimate of drug-likeness (QED) is 0.146. The fourth-order valence-electron chi connectivity index (χ4n) is 3.81. The molecule has 0 fully saturated rings. The van der Waals surface area contributed by atoms with Crippen LogP contribution in [-0.4, -0.2) is 37.8 Å². The number of alkyl halides is 4. The van der Waals surface area contributed by atoms with Gasteiger partial charge in [-0.3, -0.25) is 9.48 Å². The van der Waals surface area contributed by atoms with E-state index in [-0.39, 0.29) is 28.3 Å². The lowest BCUT2D eigenvalue weighted by Crippen LogP contribution is -2.31. The molecule has 5 aromatic rings. The molecule has 2 unspecified atom stereocenters. The predicted molar refractivity (Wildman–Crippen MR) is 141 cm³/mol. The van der Waals surface area contributed by atoms with E-state index >= 15 is 4.39 Å². The van der Waals surface area contributed by atoms with E-state index < -0.39 is 49.0 Å². The SMILES string of the molecule is [2H]C([2H])(Oc1ccccc1C(F)C(Oc1ncnc2sc(-c3ccc(F)o3)c(Br)c12)C(C)=O)c1ccnn1CC(F)(F)F. The third kappa shape index (κ3) is 6.25. The average molecular weight is 659 g/mol. The molecule has 1 aromatic carbocycles. The number of halogens is 6. The minimum Gasteiger partial charge on any atom is -0.487 e. The molecule has 41 heavy (non-hydrogen) atoms. The maximum Gasteiger partial charge on any atom is 0.408 e. The van der Waals surface area contributed by atoms with Gasteiger partial charge >= 0.3 is 6.18 Å². The number of fused-ring (bicyclic) bond motifs is 1. The summed E-state index contributed by atoms with van der Waals surface area (Å²) in [7, 11) is 0. The number of Topliss-reactive ketones (excluding diaryl/α,β-unsaturated/α-hetero) is 1. The van der Waals surface area contributed by atoms with Gasteiger partial charge in [0.05, 0.1) is 23.2 Å². The molecule has 0 saturated heterocycles. The van der Waals surface area contributed by atoms with Gasteiger partial charge in [-0.1, -0.05) is 18.2 Å². The van der Waals surface area contributed by atoms with Crippen LogP contribution in [0.15, 0.2) is 63.9 Å². The van der Waals surface area contributed by atoms with E-state index in [0.29, 0.717) is 18.9 Å². The van der Waals surface area contributed by atoms with Crippen LogP contribution < -0.4 is 9.47 Å². The van der Waals surface area contributed by atoms with Gasteiger partial charge in [0.1, 0.15) is 35.8 Å². The molecule has 0 spiro atoms. The molecular weight excluding hydrogens is 639 g/mol. The lowest BCUT2D eigenvalue weighted by molar-refractivity contribution is -0.143. The molecule has 0 saturated carbocycles. The Balaban J connectivity index is 1.46. The fourth-order valence-corrected chi connectivity index (χ4v) is 5.73. The first-order chi connectivity index (χ1) is 20.2. The Labute approximate surface area is 243 Å². The van der Waals surface area contributed by atoms with Crippen molar-refractivity contribution in [2.75, 3.05) is 0 Å². The maximum absolute atomic E-state index is 16.2. The van der Waals surface area contributed by atoms with E-state index in [1.165, 1.54) is 30.3 Å². The summed E-state index contributed by atoms with van der Waals surface area (Å²) in [5.41, 5.74) is -0.873. The van der Waals surface area contributed by atoms with Crippen molar-refractivity contribution in [3.05, 3.63) is 76.7 Å². The molecule has 0 N–H and O–H groups in total. The Morgan fingerprint density at radius 1 is 1.22 bits per heavy atom. The second kappa shape index (κ2) is 11.6. The number of hydrogen-bond donors (Lipinski definition) is 0. The van der Waals surface area contributed by atoms with Gasteiger partial charge in [0.25, 0.3) is 6.01 Å². The number of carbonyl (C=O) groups is 1. The van der Waals surface area contributed by atoms with Gasteiger partial charge in [-0.15, -0.1) is 11.3 Å². The van der Waals surface area contributed by atoms with E-state index in [9.17, 15) is 22.4 Å². The lowest BCUT2D eigenvalue weighted by Gasteiger charge is -2.22. The van der Waals surface area contributed by atoms with Crippen molar-refractivity contribution in [1.82, 2.24) is 19.7 Å². The van der Waals surface area contributed by atoms with Gasteiger partial charge in [0, 0.05) is 17.8 Å². The van der Waals surface area contributed by atoms with Crippen molar-refractivity contribution in [3.8, 4) is 22.3 Å².